The summed E-state index contributed by atoms with van der Waals surface area (Å²) in [4.78, 5) is 28.8. The van der Waals surface area contributed by atoms with Gasteiger partial charge in [-0.15, -0.1) is 0 Å². The third-order valence-electron chi connectivity index (χ3n) is 6.52. The lowest BCUT2D eigenvalue weighted by atomic mass is 10.0. The second kappa shape index (κ2) is 12.1. The summed E-state index contributed by atoms with van der Waals surface area (Å²) in [5.74, 6) is 1.28. The molecule has 0 bridgehead atoms. The zero-order valence-electron chi connectivity index (χ0n) is 21.8. The second-order valence-electron chi connectivity index (χ2n) is 9.45. The third-order valence-corrected chi connectivity index (χ3v) is 6.52. The molecule has 1 saturated heterocycles. The molecule has 3 aromatic rings. The summed E-state index contributed by atoms with van der Waals surface area (Å²) in [5, 5.41) is 8.08. The molecule has 2 aromatic carbocycles. The van der Waals surface area contributed by atoms with E-state index in [4.69, 9.17) is 4.74 Å². The number of rotatable bonds is 10. The number of nitrogens with zero attached hydrogens (tertiary/aromatic N) is 5. The first-order valence-corrected chi connectivity index (χ1v) is 12.5. The van der Waals surface area contributed by atoms with Crippen molar-refractivity contribution in [2.75, 3.05) is 84.7 Å². The van der Waals surface area contributed by atoms with Crippen LogP contribution in [0.4, 0.5) is 11.6 Å². The molecule has 36 heavy (non-hydrogen) atoms. The molecule has 192 valence electrons. The van der Waals surface area contributed by atoms with Crippen LogP contribution in [0.15, 0.2) is 42.6 Å². The highest BCUT2D eigenvalue weighted by molar-refractivity contribution is 6.05. The van der Waals surface area contributed by atoms with Gasteiger partial charge in [-0.1, -0.05) is 6.07 Å². The zero-order chi connectivity index (χ0) is 25.5. The molecule has 0 unspecified atom stereocenters. The number of carbonyl (C=O) groups is 1. The number of amides is 1. The Labute approximate surface area is 213 Å². The summed E-state index contributed by atoms with van der Waals surface area (Å²) in [6, 6.07) is 11.8. The van der Waals surface area contributed by atoms with E-state index in [0.717, 1.165) is 72.7 Å². The minimum atomic E-state index is -0.0177. The van der Waals surface area contributed by atoms with Gasteiger partial charge in [-0.25, -0.2) is 9.97 Å². The van der Waals surface area contributed by atoms with E-state index in [0.29, 0.717) is 12.5 Å². The van der Waals surface area contributed by atoms with Crippen molar-refractivity contribution in [3.8, 4) is 17.0 Å². The molecule has 9 nitrogen and oxygen atoms in total. The van der Waals surface area contributed by atoms with E-state index >= 15 is 0 Å². The molecule has 0 saturated carbocycles. The molecule has 1 aliphatic rings. The Hall–Kier alpha value is -3.27. The number of nitrogens with one attached hydrogen (secondary N) is 2. The minimum absolute atomic E-state index is 0.0177. The summed E-state index contributed by atoms with van der Waals surface area (Å²) >= 11 is 0. The maximum Gasteiger partial charge on any atom is 0.238 e. The van der Waals surface area contributed by atoms with E-state index in [-0.39, 0.29) is 5.91 Å². The molecule has 1 amide bonds. The van der Waals surface area contributed by atoms with E-state index < -0.39 is 0 Å². The van der Waals surface area contributed by atoms with Gasteiger partial charge in [0.05, 0.1) is 19.3 Å². The molecule has 0 radical (unpaired) electrons. The van der Waals surface area contributed by atoms with Crippen LogP contribution in [0.3, 0.4) is 0 Å². The molecule has 4 rings (SSSR count). The number of aromatic nitrogens is 2. The van der Waals surface area contributed by atoms with Crippen molar-refractivity contribution in [2.24, 2.45) is 0 Å². The lowest BCUT2D eigenvalue weighted by Crippen LogP contribution is -2.49. The largest absolute Gasteiger partial charge is 0.497 e. The highest BCUT2D eigenvalue weighted by Crippen LogP contribution is 2.33. The van der Waals surface area contributed by atoms with E-state index in [9.17, 15) is 4.79 Å². The standard InChI is InChI=1S/C27H37N7O2/c1-28-27-29-9-8-24(31-27)21-16-20-6-7-22(36-4)18-23(20)25(17-21)30-26(35)19-34-14-12-33(13-15-34)11-5-10-32(2)3/h6-9,16-18H,5,10-15,19H2,1-4H3,(H,30,35)(H,28,29,31). The van der Waals surface area contributed by atoms with Crippen LogP contribution in [0.2, 0.25) is 0 Å². The average Bonchev–Trinajstić information content (AvgIpc) is 2.89. The average molecular weight is 492 g/mol. The van der Waals surface area contributed by atoms with Crippen molar-refractivity contribution < 1.29 is 9.53 Å². The fourth-order valence-corrected chi connectivity index (χ4v) is 4.53. The number of anilines is 2. The maximum absolute atomic E-state index is 13.1. The third kappa shape index (κ3) is 6.69. The topological polar surface area (TPSA) is 85.9 Å². The molecular weight excluding hydrogens is 454 g/mol. The second-order valence-corrected chi connectivity index (χ2v) is 9.45. The number of benzene rings is 2. The quantitative estimate of drug-likeness (QED) is 0.448. The van der Waals surface area contributed by atoms with E-state index in [1.807, 2.05) is 30.3 Å². The van der Waals surface area contributed by atoms with Crippen LogP contribution in [0.5, 0.6) is 5.75 Å². The Morgan fingerprint density at radius 3 is 2.58 bits per heavy atom. The summed E-state index contributed by atoms with van der Waals surface area (Å²) in [6.07, 6.45) is 2.90. The van der Waals surface area contributed by atoms with Gasteiger partial charge in [-0.2, -0.15) is 0 Å². The number of hydrogen-bond acceptors (Lipinski definition) is 8. The smallest absolute Gasteiger partial charge is 0.238 e. The summed E-state index contributed by atoms with van der Waals surface area (Å²) in [7, 11) is 7.66. The maximum atomic E-state index is 13.1. The molecule has 0 aliphatic carbocycles. The molecular formula is C27H37N7O2. The van der Waals surface area contributed by atoms with E-state index in [1.165, 1.54) is 6.42 Å². The lowest BCUT2D eigenvalue weighted by Gasteiger charge is -2.34. The predicted octanol–water partition coefficient (Wildman–Crippen LogP) is 2.85. The minimum Gasteiger partial charge on any atom is -0.497 e. The Balaban J connectivity index is 1.47. The van der Waals surface area contributed by atoms with Crippen molar-refractivity contribution in [1.29, 1.82) is 0 Å². The van der Waals surface area contributed by atoms with Gasteiger partial charge in [-0.05, 0) is 69.3 Å². The van der Waals surface area contributed by atoms with Gasteiger partial charge in [-0.3, -0.25) is 9.69 Å². The van der Waals surface area contributed by atoms with Crippen LogP contribution in [-0.2, 0) is 4.79 Å². The van der Waals surface area contributed by atoms with Crippen LogP contribution < -0.4 is 15.4 Å². The predicted molar refractivity (Wildman–Crippen MR) is 146 cm³/mol. The Bertz CT molecular complexity index is 1180. The first-order chi connectivity index (χ1) is 17.4. The first-order valence-electron chi connectivity index (χ1n) is 12.5. The fourth-order valence-electron chi connectivity index (χ4n) is 4.53. The molecule has 1 aliphatic heterocycles. The molecule has 2 N–H and O–H groups in total. The summed E-state index contributed by atoms with van der Waals surface area (Å²) in [6.45, 7) is 6.38. The number of carbonyl (C=O) groups excluding carboxylic acids is 1. The number of fused-ring (bicyclic) bond motifs is 1. The van der Waals surface area contributed by atoms with Crippen molar-refractivity contribution in [2.45, 2.75) is 6.42 Å². The van der Waals surface area contributed by atoms with Gasteiger partial charge in [0.1, 0.15) is 5.75 Å². The van der Waals surface area contributed by atoms with Gasteiger partial charge < -0.3 is 25.2 Å². The normalized spacial score (nSPS) is 14.8. The Morgan fingerprint density at radius 1 is 1.08 bits per heavy atom. The van der Waals surface area contributed by atoms with Crippen LogP contribution in [0.1, 0.15) is 6.42 Å². The van der Waals surface area contributed by atoms with Crippen molar-refractivity contribution >= 4 is 28.3 Å². The fraction of sp³-hybridized carbons (Fsp3) is 0.444. The van der Waals surface area contributed by atoms with Crippen LogP contribution in [0.25, 0.3) is 22.0 Å². The number of ether oxygens (including phenoxy) is 1. The van der Waals surface area contributed by atoms with Crippen molar-refractivity contribution in [3.63, 3.8) is 0 Å². The monoisotopic (exact) mass is 491 g/mol. The van der Waals surface area contributed by atoms with Gasteiger partial charge in [0.2, 0.25) is 11.9 Å². The summed E-state index contributed by atoms with van der Waals surface area (Å²) < 4.78 is 5.44. The highest BCUT2D eigenvalue weighted by Gasteiger charge is 2.19. The Morgan fingerprint density at radius 2 is 1.86 bits per heavy atom. The highest BCUT2D eigenvalue weighted by atomic mass is 16.5. The van der Waals surface area contributed by atoms with Crippen molar-refractivity contribution in [3.05, 3.63) is 42.6 Å². The van der Waals surface area contributed by atoms with E-state index in [2.05, 4.69) is 55.5 Å². The SMILES string of the molecule is CNc1nccc(-c2cc(NC(=O)CN3CCN(CCCN(C)C)CC3)c3cc(OC)ccc3c2)n1. The summed E-state index contributed by atoms with van der Waals surface area (Å²) in [5.41, 5.74) is 2.44. The number of hydrogen-bond donors (Lipinski definition) is 2. The molecule has 1 aromatic heterocycles. The van der Waals surface area contributed by atoms with Crippen LogP contribution in [0, 0.1) is 0 Å². The molecule has 2 heterocycles. The van der Waals surface area contributed by atoms with Gasteiger partial charge >= 0.3 is 0 Å². The molecule has 9 heteroatoms. The molecule has 1 fully saturated rings. The first kappa shape index (κ1) is 25.8. The number of methoxy groups -OCH3 is 1. The molecule has 0 atom stereocenters. The van der Waals surface area contributed by atoms with Gasteiger partial charge in [0.15, 0.2) is 0 Å². The van der Waals surface area contributed by atoms with Crippen LogP contribution in [-0.4, -0.2) is 105 Å². The van der Waals surface area contributed by atoms with Gasteiger partial charge in [0.25, 0.3) is 0 Å². The van der Waals surface area contributed by atoms with Crippen molar-refractivity contribution in [1.82, 2.24) is 24.7 Å². The zero-order valence-corrected chi connectivity index (χ0v) is 21.8. The molecule has 0 spiro atoms. The Kier molecular flexibility index (Phi) is 8.69. The van der Waals surface area contributed by atoms with E-state index in [1.54, 1.807) is 20.4 Å². The van der Waals surface area contributed by atoms with Crippen LogP contribution >= 0.6 is 0 Å². The number of piperazine rings is 1. The lowest BCUT2D eigenvalue weighted by molar-refractivity contribution is -0.117. The van der Waals surface area contributed by atoms with Gasteiger partial charge in [0, 0.05) is 56.1 Å².